The maximum Gasteiger partial charge on any atom is 0.239 e. The Morgan fingerprint density at radius 1 is 1.21 bits per heavy atom. The van der Waals surface area contributed by atoms with Gasteiger partial charge in [0.05, 0.1) is 12.1 Å². The summed E-state index contributed by atoms with van der Waals surface area (Å²) in [5.74, 6) is -2.01. The predicted octanol–water partition coefficient (Wildman–Crippen LogP) is 2.47. The molecule has 0 aliphatic carbocycles. The van der Waals surface area contributed by atoms with E-state index in [2.05, 4.69) is 0 Å². The molecular formula is C14H20F2N2O. The lowest BCUT2D eigenvalue weighted by atomic mass is 10.0. The average Bonchev–Trinajstić information content (AvgIpc) is 2.38. The molecule has 0 aliphatic rings. The number of nitrogens with two attached hydrogens (primary N) is 1. The van der Waals surface area contributed by atoms with Gasteiger partial charge in [-0.3, -0.25) is 4.79 Å². The Balaban J connectivity index is 2.90. The van der Waals surface area contributed by atoms with Crippen LogP contribution in [0.15, 0.2) is 18.2 Å². The van der Waals surface area contributed by atoms with Crippen LogP contribution in [0.3, 0.4) is 0 Å². The molecular weight excluding hydrogens is 250 g/mol. The van der Waals surface area contributed by atoms with Gasteiger partial charge >= 0.3 is 0 Å². The molecule has 1 unspecified atom stereocenters. The summed E-state index contributed by atoms with van der Waals surface area (Å²) in [5.41, 5.74) is 6.34. The van der Waals surface area contributed by atoms with Crippen molar-refractivity contribution in [3.05, 3.63) is 35.4 Å². The number of amides is 1. The van der Waals surface area contributed by atoms with E-state index in [-0.39, 0.29) is 17.9 Å². The van der Waals surface area contributed by atoms with Crippen molar-refractivity contribution in [2.24, 2.45) is 11.7 Å². The molecule has 1 aromatic rings. The second-order valence-corrected chi connectivity index (χ2v) is 5.07. The first kappa shape index (κ1) is 15.6. The summed E-state index contributed by atoms with van der Waals surface area (Å²) in [6.07, 6.45) is 0. The van der Waals surface area contributed by atoms with Gasteiger partial charge in [-0.15, -0.1) is 0 Å². The molecule has 3 nitrogen and oxygen atoms in total. The smallest absolute Gasteiger partial charge is 0.239 e. The van der Waals surface area contributed by atoms with Crippen LogP contribution in [0.4, 0.5) is 8.78 Å². The minimum Gasteiger partial charge on any atom is -0.338 e. The fourth-order valence-corrected chi connectivity index (χ4v) is 1.71. The number of rotatable bonds is 4. The Morgan fingerprint density at radius 3 is 2.26 bits per heavy atom. The zero-order chi connectivity index (χ0) is 14.7. The number of benzene rings is 1. The van der Waals surface area contributed by atoms with Gasteiger partial charge in [-0.2, -0.15) is 0 Å². The Bertz CT molecular complexity index is 463. The maximum absolute atomic E-state index is 13.2. The Hall–Kier alpha value is -1.49. The monoisotopic (exact) mass is 270 g/mol. The molecule has 0 aliphatic heterocycles. The van der Waals surface area contributed by atoms with Gasteiger partial charge in [0.1, 0.15) is 0 Å². The molecule has 0 saturated heterocycles. The molecule has 0 radical (unpaired) electrons. The van der Waals surface area contributed by atoms with Crippen LogP contribution in [0.5, 0.6) is 0 Å². The number of carbonyl (C=O) groups is 1. The molecule has 0 saturated carbocycles. The van der Waals surface area contributed by atoms with Crippen LogP contribution in [-0.4, -0.2) is 23.9 Å². The third kappa shape index (κ3) is 3.50. The number of hydrogen-bond donors (Lipinski definition) is 1. The molecule has 1 rings (SSSR count). The van der Waals surface area contributed by atoms with Crippen LogP contribution < -0.4 is 5.73 Å². The summed E-state index contributed by atoms with van der Waals surface area (Å²) in [4.78, 5) is 13.5. The summed E-state index contributed by atoms with van der Waals surface area (Å²) in [6, 6.07) is 2.66. The molecule has 106 valence electrons. The van der Waals surface area contributed by atoms with E-state index >= 15 is 0 Å². The van der Waals surface area contributed by atoms with Gasteiger partial charge in [-0.1, -0.05) is 19.9 Å². The summed E-state index contributed by atoms with van der Waals surface area (Å²) >= 11 is 0. The van der Waals surface area contributed by atoms with Crippen molar-refractivity contribution in [2.45, 2.75) is 32.9 Å². The number of carbonyl (C=O) groups excluding carboxylic acids is 1. The number of halogens is 2. The Morgan fingerprint density at radius 2 is 1.79 bits per heavy atom. The highest BCUT2D eigenvalue weighted by Crippen LogP contribution is 2.22. The number of hydrogen-bond acceptors (Lipinski definition) is 2. The van der Waals surface area contributed by atoms with Crippen LogP contribution in [0.2, 0.25) is 0 Å². The van der Waals surface area contributed by atoms with E-state index in [0.29, 0.717) is 5.56 Å². The fraction of sp³-hybridized carbons (Fsp3) is 0.500. The first-order chi connectivity index (χ1) is 8.75. The fourth-order valence-electron chi connectivity index (χ4n) is 1.71. The van der Waals surface area contributed by atoms with Gasteiger partial charge in [0.15, 0.2) is 11.6 Å². The number of likely N-dealkylation sites (N-methyl/N-ethyl adjacent to an activating group) is 1. The molecule has 0 spiro atoms. The van der Waals surface area contributed by atoms with Gasteiger partial charge in [-0.25, -0.2) is 8.78 Å². The second kappa shape index (κ2) is 6.10. The highest BCUT2D eigenvalue weighted by Gasteiger charge is 2.25. The minimum atomic E-state index is -0.918. The molecule has 1 amide bonds. The average molecular weight is 270 g/mol. The molecule has 0 fully saturated rings. The van der Waals surface area contributed by atoms with Crippen LogP contribution in [-0.2, 0) is 4.79 Å². The summed E-state index contributed by atoms with van der Waals surface area (Å²) in [7, 11) is 1.61. The first-order valence-corrected chi connectivity index (χ1v) is 6.23. The van der Waals surface area contributed by atoms with E-state index in [1.807, 2.05) is 13.8 Å². The lowest BCUT2D eigenvalue weighted by Gasteiger charge is -2.29. The molecule has 5 heteroatoms. The van der Waals surface area contributed by atoms with Gasteiger partial charge in [-0.05, 0) is 30.5 Å². The molecule has 1 aromatic carbocycles. The summed E-state index contributed by atoms with van der Waals surface area (Å²) in [6.45, 7) is 5.47. The normalized spacial score (nSPS) is 14.3. The van der Waals surface area contributed by atoms with E-state index in [9.17, 15) is 13.6 Å². The van der Waals surface area contributed by atoms with Crippen molar-refractivity contribution in [3.63, 3.8) is 0 Å². The van der Waals surface area contributed by atoms with Gasteiger partial charge in [0.25, 0.3) is 0 Å². The van der Waals surface area contributed by atoms with E-state index in [1.54, 1.807) is 14.0 Å². The van der Waals surface area contributed by atoms with Crippen LogP contribution in [0.25, 0.3) is 0 Å². The molecule has 0 aromatic heterocycles. The zero-order valence-corrected chi connectivity index (χ0v) is 11.7. The van der Waals surface area contributed by atoms with E-state index in [1.165, 1.54) is 11.0 Å². The van der Waals surface area contributed by atoms with Crippen LogP contribution in [0.1, 0.15) is 32.4 Å². The van der Waals surface area contributed by atoms with Crippen LogP contribution in [0, 0.1) is 17.6 Å². The van der Waals surface area contributed by atoms with Crippen molar-refractivity contribution in [1.29, 1.82) is 0 Å². The third-order valence-electron chi connectivity index (χ3n) is 3.36. The predicted molar refractivity (Wildman–Crippen MR) is 70.4 cm³/mol. The Kier molecular flexibility index (Phi) is 5.00. The number of nitrogens with zero attached hydrogens (tertiary/aromatic N) is 1. The SMILES string of the molecule is CC(C)[C@H](N)C(=O)N(C)C(C)c1ccc(F)c(F)c1. The molecule has 2 atom stereocenters. The lowest BCUT2D eigenvalue weighted by Crippen LogP contribution is -2.45. The molecule has 0 heterocycles. The summed E-state index contributed by atoms with van der Waals surface area (Å²) in [5, 5.41) is 0. The standard InChI is InChI=1S/C14H20F2N2O/c1-8(2)13(17)14(19)18(4)9(3)10-5-6-11(15)12(16)7-10/h5-9,13H,17H2,1-4H3/t9?,13-/m0/s1. The van der Waals surface area contributed by atoms with Gasteiger partial charge < -0.3 is 10.6 Å². The van der Waals surface area contributed by atoms with Gasteiger partial charge in [0, 0.05) is 7.05 Å². The molecule has 19 heavy (non-hydrogen) atoms. The maximum atomic E-state index is 13.2. The minimum absolute atomic E-state index is 0.0205. The van der Waals surface area contributed by atoms with Crippen molar-refractivity contribution in [3.8, 4) is 0 Å². The van der Waals surface area contributed by atoms with Crippen molar-refractivity contribution < 1.29 is 13.6 Å². The van der Waals surface area contributed by atoms with E-state index in [4.69, 9.17) is 5.73 Å². The highest BCUT2D eigenvalue weighted by molar-refractivity contribution is 5.82. The van der Waals surface area contributed by atoms with Crippen LogP contribution >= 0.6 is 0 Å². The highest BCUT2D eigenvalue weighted by atomic mass is 19.2. The third-order valence-corrected chi connectivity index (χ3v) is 3.36. The summed E-state index contributed by atoms with van der Waals surface area (Å²) < 4.78 is 26.1. The molecule has 0 bridgehead atoms. The van der Waals surface area contributed by atoms with Crippen molar-refractivity contribution in [1.82, 2.24) is 4.90 Å². The van der Waals surface area contributed by atoms with Crippen molar-refractivity contribution in [2.75, 3.05) is 7.05 Å². The van der Waals surface area contributed by atoms with E-state index < -0.39 is 17.7 Å². The Labute approximate surface area is 112 Å². The largest absolute Gasteiger partial charge is 0.338 e. The lowest BCUT2D eigenvalue weighted by molar-refractivity contribution is -0.134. The van der Waals surface area contributed by atoms with E-state index in [0.717, 1.165) is 12.1 Å². The topological polar surface area (TPSA) is 46.3 Å². The first-order valence-electron chi connectivity index (χ1n) is 6.23. The van der Waals surface area contributed by atoms with Crippen molar-refractivity contribution >= 4 is 5.91 Å². The second-order valence-electron chi connectivity index (χ2n) is 5.07. The quantitative estimate of drug-likeness (QED) is 0.913. The zero-order valence-electron chi connectivity index (χ0n) is 11.7. The van der Waals surface area contributed by atoms with Gasteiger partial charge in [0.2, 0.25) is 5.91 Å². The molecule has 2 N–H and O–H groups in total.